The highest BCUT2D eigenvalue weighted by molar-refractivity contribution is 5.60. The van der Waals surface area contributed by atoms with E-state index in [9.17, 15) is 4.79 Å². The molecule has 146 valence electrons. The standard InChI is InChI=1S/C23H30O4/c24-23(27-18-3-1-2-6-25-18)26-17-9-13-8-14(17)22-16-10-15(21(13)22)19-11-4-5-12(7-11)20(16)19/h4-5,11-22H,1-3,6-10H2. The van der Waals surface area contributed by atoms with Crippen molar-refractivity contribution in [1.82, 2.24) is 0 Å². The van der Waals surface area contributed by atoms with E-state index in [2.05, 4.69) is 12.2 Å². The van der Waals surface area contributed by atoms with E-state index in [1.807, 2.05) is 0 Å². The molecule has 0 amide bonds. The van der Waals surface area contributed by atoms with Crippen LogP contribution in [-0.2, 0) is 14.2 Å². The number of rotatable bonds is 2. The van der Waals surface area contributed by atoms with Crippen LogP contribution in [0.15, 0.2) is 12.2 Å². The zero-order valence-corrected chi connectivity index (χ0v) is 15.9. The molecule has 6 bridgehead atoms. The number of ether oxygens (including phenoxy) is 3. The Morgan fingerprint density at radius 2 is 1.63 bits per heavy atom. The van der Waals surface area contributed by atoms with Crippen LogP contribution in [0, 0.1) is 59.2 Å². The van der Waals surface area contributed by atoms with Gasteiger partial charge in [0.1, 0.15) is 6.10 Å². The summed E-state index contributed by atoms with van der Waals surface area (Å²) in [6.07, 6.45) is 12.5. The first kappa shape index (κ1) is 15.8. The van der Waals surface area contributed by atoms with E-state index < -0.39 is 6.16 Å². The molecule has 5 saturated carbocycles. The normalized spacial score (nSPS) is 58.5. The van der Waals surface area contributed by atoms with Crippen LogP contribution >= 0.6 is 0 Å². The van der Waals surface area contributed by atoms with E-state index in [-0.39, 0.29) is 12.4 Å². The van der Waals surface area contributed by atoms with Gasteiger partial charge in [0.15, 0.2) is 0 Å². The number of allylic oxidation sites excluding steroid dienone is 2. The van der Waals surface area contributed by atoms with Crippen molar-refractivity contribution in [2.24, 2.45) is 59.2 Å². The van der Waals surface area contributed by atoms with Gasteiger partial charge in [-0.3, -0.25) is 0 Å². The molecule has 12 atom stereocenters. The SMILES string of the molecule is O=C(OC1CCCCO1)OC1CC2CC1C1C3CC(C4C5C=CC(C5)C34)C21. The minimum atomic E-state index is -0.486. The minimum Gasteiger partial charge on any atom is -0.431 e. The van der Waals surface area contributed by atoms with Crippen LogP contribution in [0.3, 0.4) is 0 Å². The Balaban J connectivity index is 1.06. The highest BCUT2D eigenvalue weighted by atomic mass is 16.8. The molecule has 7 rings (SSSR count). The Labute approximate surface area is 161 Å². The summed E-state index contributed by atoms with van der Waals surface area (Å²) in [6.45, 7) is 0.693. The predicted molar refractivity (Wildman–Crippen MR) is 97.5 cm³/mol. The summed E-state index contributed by atoms with van der Waals surface area (Å²) in [5, 5.41) is 0. The van der Waals surface area contributed by atoms with E-state index in [0.717, 1.165) is 78.9 Å². The van der Waals surface area contributed by atoms with Crippen molar-refractivity contribution in [3.63, 3.8) is 0 Å². The molecule has 0 aromatic carbocycles. The van der Waals surface area contributed by atoms with Gasteiger partial charge in [-0.25, -0.2) is 4.79 Å². The third-order valence-corrected chi connectivity index (χ3v) is 9.79. The molecule has 6 fully saturated rings. The third kappa shape index (κ3) is 2.06. The summed E-state index contributed by atoms with van der Waals surface area (Å²) in [4.78, 5) is 12.3. The summed E-state index contributed by atoms with van der Waals surface area (Å²) < 4.78 is 16.9. The summed E-state index contributed by atoms with van der Waals surface area (Å²) in [5.41, 5.74) is 0. The molecule has 12 unspecified atom stereocenters. The predicted octanol–water partition coefficient (Wildman–Crippen LogP) is 4.40. The van der Waals surface area contributed by atoms with Crippen molar-refractivity contribution in [1.29, 1.82) is 0 Å². The fraction of sp³-hybridized carbons (Fsp3) is 0.870. The quantitative estimate of drug-likeness (QED) is 0.411. The first-order chi connectivity index (χ1) is 13.3. The molecule has 6 aliphatic carbocycles. The average molecular weight is 370 g/mol. The lowest BCUT2D eigenvalue weighted by Gasteiger charge is -2.45. The van der Waals surface area contributed by atoms with Gasteiger partial charge in [-0.1, -0.05) is 12.2 Å². The Hall–Kier alpha value is -1.03. The Bertz CT molecular complexity index is 682. The molecule has 0 N–H and O–H groups in total. The van der Waals surface area contributed by atoms with Gasteiger partial charge in [-0.05, 0) is 97.7 Å². The maximum atomic E-state index is 12.3. The van der Waals surface area contributed by atoms with Crippen LogP contribution in [0.1, 0.15) is 44.9 Å². The molecule has 4 heteroatoms. The van der Waals surface area contributed by atoms with Gasteiger partial charge in [0.25, 0.3) is 0 Å². The zero-order valence-electron chi connectivity index (χ0n) is 15.9. The monoisotopic (exact) mass is 370 g/mol. The van der Waals surface area contributed by atoms with E-state index in [1.165, 1.54) is 19.3 Å². The molecular weight excluding hydrogens is 340 g/mol. The largest absolute Gasteiger partial charge is 0.510 e. The molecule has 1 heterocycles. The van der Waals surface area contributed by atoms with E-state index in [4.69, 9.17) is 14.2 Å². The molecular formula is C23H30O4. The summed E-state index contributed by atoms with van der Waals surface area (Å²) >= 11 is 0. The molecule has 27 heavy (non-hydrogen) atoms. The van der Waals surface area contributed by atoms with Crippen molar-refractivity contribution in [3.05, 3.63) is 12.2 Å². The maximum Gasteiger partial charge on any atom is 0.510 e. The molecule has 7 aliphatic rings. The zero-order chi connectivity index (χ0) is 17.7. The third-order valence-electron chi connectivity index (χ3n) is 9.79. The molecule has 0 aromatic heterocycles. The van der Waals surface area contributed by atoms with Gasteiger partial charge in [0.2, 0.25) is 6.29 Å². The highest BCUT2D eigenvalue weighted by Gasteiger charge is 2.71. The number of carbonyl (C=O) groups excluding carboxylic acids is 1. The van der Waals surface area contributed by atoms with Gasteiger partial charge >= 0.3 is 6.16 Å². The minimum absolute atomic E-state index is 0.0965. The summed E-state index contributed by atoms with van der Waals surface area (Å²) in [7, 11) is 0. The van der Waals surface area contributed by atoms with Crippen molar-refractivity contribution in [3.8, 4) is 0 Å². The van der Waals surface area contributed by atoms with Crippen molar-refractivity contribution >= 4 is 6.16 Å². The average Bonchev–Trinajstić information content (AvgIpc) is 3.46. The number of fused-ring (bicyclic) bond motifs is 16. The van der Waals surface area contributed by atoms with Crippen LogP contribution in [0.25, 0.3) is 0 Å². The number of hydrogen-bond donors (Lipinski definition) is 0. The Kier molecular flexibility index (Phi) is 3.24. The van der Waals surface area contributed by atoms with E-state index in [0.29, 0.717) is 12.5 Å². The second kappa shape index (κ2) is 5.52. The van der Waals surface area contributed by atoms with Crippen molar-refractivity contribution in [2.75, 3.05) is 6.61 Å². The molecule has 0 spiro atoms. The molecule has 1 aliphatic heterocycles. The van der Waals surface area contributed by atoms with Crippen LogP contribution in [-0.4, -0.2) is 25.2 Å². The summed E-state index contributed by atoms with van der Waals surface area (Å²) in [6, 6.07) is 0. The van der Waals surface area contributed by atoms with Gasteiger partial charge in [-0.2, -0.15) is 0 Å². The number of hydrogen-bond acceptors (Lipinski definition) is 4. The highest BCUT2D eigenvalue weighted by Crippen LogP contribution is 2.75. The van der Waals surface area contributed by atoms with Crippen LogP contribution < -0.4 is 0 Å². The fourth-order valence-electron chi connectivity index (χ4n) is 9.39. The van der Waals surface area contributed by atoms with Gasteiger partial charge < -0.3 is 14.2 Å². The smallest absolute Gasteiger partial charge is 0.431 e. The first-order valence-electron chi connectivity index (χ1n) is 11.4. The lowest BCUT2D eigenvalue weighted by Crippen LogP contribution is -2.44. The van der Waals surface area contributed by atoms with Crippen molar-refractivity contribution in [2.45, 2.75) is 57.3 Å². The lowest BCUT2D eigenvalue weighted by molar-refractivity contribution is -0.150. The van der Waals surface area contributed by atoms with Crippen LogP contribution in [0.2, 0.25) is 0 Å². The van der Waals surface area contributed by atoms with Gasteiger partial charge in [0, 0.05) is 6.42 Å². The van der Waals surface area contributed by atoms with E-state index in [1.54, 1.807) is 0 Å². The fourth-order valence-corrected chi connectivity index (χ4v) is 9.39. The first-order valence-corrected chi connectivity index (χ1v) is 11.4. The Morgan fingerprint density at radius 3 is 2.41 bits per heavy atom. The molecule has 4 nitrogen and oxygen atoms in total. The van der Waals surface area contributed by atoms with Crippen LogP contribution in [0.5, 0.6) is 0 Å². The lowest BCUT2D eigenvalue weighted by atomic mass is 9.60. The van der Waals surface area contributed by atoms with Gasteiger partial charge in [0.05, 0.1) is 6.61 Å². The van der Waals surface area contributed by atoms with Crippen molar-refractivity contribution < 1.29 is 19.0 Å². The molecule has 1 saturated heterocycles. The Morgan fingerprint density at radius 1 is 0.815 bits per heavy atom. The topological polar surface area (TPSA) is 44.8 Å². The van der Waals surface area contributed by atoms with Gasteiger partial charge in [-0.15, -0.1) is 0 Å². The molecule has 0 aromatic rings. The summed E-state index contributed by atoms with van der Waals surface area (Å²) in [5.74, 6) is 8.75. The number of carbonyl (C=O) groups is 1. The molecule has 0 radical (unpaired) electrons. The van der Waals surface area contributed by atoms with Crippen LogP contribution in [0.4, 0.5) is 4.79 Å². The van der Waals surface area contributed by atoms with E-state index >= 15 is 0 Å². The maximum absolute atomic E-state index is 12.3. The second-order valence-electron chi connectivity index (χ2n) is 10.5. The second-order valence-corrected chi connectivity index (χ2v) is 10.5.